The Hall–Kier alpha value is -1.59. The zero-order valence-electron chi connectivity index (χ0n) is 7.62. The zero-order valence-corrected chi connectivity index (χ0v) is 7.62. The van der Waals surface area contributed by atoms with Gasteiger partial charge in [-0.2, -0.15) is 0 Å². The second-order valence-electron chi connectivity index (χ2n) is 2.20. The van der Waals surface area contributed by atoms with Crippen LogP contribution in [0, 0.1) is 0 Å². The molecule has 0 heterocycles. The molecule has 13 heavy (non-hydrogen) atoms. The van der Waals surface area contributed by atoms with Gasteiger partial charge in [-0.05, 0) is 6.92 Å². The molecule has 74 valence electrons. The third kappa shape index (κ3) is 3.55. The number of esters is 1. The molecule has 0 aliphatic carbocycles. The van der Waals surface area contributed by atoms with Crippen LogP contribution < -0.4 is 5.32 Å². The minimum atomic E-state index is -1.29. The SMILES string of the molecule is COC(=O)NC(C(C)=O)C(=O)OC. The third-order valence-electron chi connectivity index (χ3n) is 1.29. The molecule has 1 amide bonds. The largest absolute Gasteiger partial charge is 0.467 e. The number of hydrogen-bond acceptors (Lipinski definition) is 5. The number of carbonyl (C=O) groups excluding carboxylic acids is 3. The standard InChI is InChI=1S/C7H11NO5/c1-4(9)5(6(10)12-2)8-7(11)13-3/h5H,1-3H3,(H,8,11). The fraction of sp³-hybridized carbons (Fsp3) is 0.571. The molecule has 6 heteroatoms. The molecule has 0 saturated heterocycles. The Balaban J connectivity index is 4.35. The molecule has 0 aromatic carbocycles. The summed E-state index contributed by atoms with van der Waals surface area (Å²) in [5.41, 5.74) is 0. The Morgan fingerprint density at radius 2 is 1.69 bits per heavy atom. The Labute approximate surface area is 75.2 Å². The predicted octanol–water partition coefficient (Wildman–Crippen LogP) is -0.527. The second-order valence-corrected chi connectivity index (χ2v) is 2.20. The van der Waals surface area contributed by atoms with Crippen molar-refractivity contribution in [1.29, 1.82) is 0 Å². The van der Waals surface area contributed by atoms with Gasteiger partial charge < -0.3 is 14.8 Å². The van der Waals surface area contributed by atoms with Crippen molar-refractivity contribution in [3.8, 4) is 0 Å². The molecular formula is C7H11NO5. The minimum Gasteiger partial charge on any atom is -0.467 e. The monoisotopic (exact) mass is 189 g/mol. The van der Waals surface area contributed by atoms with Gasteiger partial charge in [0.1, 0.15) is 0 Å². The van der Waals surface area contributed by atoms with Gasteiger partial charge in [0, 0.05) is 0 Å². The van der Waals surface area contributed by atoms with Crippen molar-refractivity contribution in [3.63, 3.8) is 0 Å². The number of ketones is 1. The van der Waals surface area contributed by atoms with Crippen LogP contribution in [0.4, 0.5) is 4.79 Å². The molecule has 0 bridgehead atoms. The van der Waals surface area contributed by atoms with E-state index >= 15 is 0 Å². The number of hydrogen-bond donors (Lipinski definition) is 1. The summed E-state index contributed by atoms with van der Waals surface area (Å²) in [6.07, 6.45) is -0.856. The summed E-state index contributed by atoms with van der Waals surface area (Å²) in [6.45, 7) is 1.16. The van der Waals surface area contributed by atoms with E-state index in [1.165, 1.54) is 0 Å². The first-order chi connectivity index (χ1) is 6.02. The van der Waals surface area contributed by atoms with Crippen LogP contribution >= 0.6 is 0 Å². The summed E-state index contributed by atoms with van der Waals surface area (Å²) in [5, 5.41) is 2.03. The third-order valence-corrected chi connectivity index (χ3v) is 1.29. The molecule has 0 aliphatic rings. The van der Waals surface area contributed by atoms with Gasteiger partial charge in [0.15, 0.2) is 11.8 Å². The quantitative estimate of drug-likeness (QED) is 0.477. The first-order valence-corrected chi connectivity index (χ1v) is 3.45. The van der Waals surface area contributed by atoms with E-state index < -0.39 is 23.9 Å². The van der Waals surface area contributed by atoms with Crippen LogP contribution in [-0.2, 0) is 19.1 Å². The first kappa shape index (κ1) is 11.4. The Morgan fingerprint density at radius 3 is 2.00 bits per heavy atom. The van der Waals surface area contributed by atoms with Crippen molar-refractivity contribution >= 4 is 17.8 Å². The molecule has 1 atom stereocenters. The molecular weight excluding hydrogens is 178 g/mol. The van der Waals surface area contributed by atoms with Crippen LogP contribution in [0.3, 0.4) is 0 Å². The van der Waals surface area contributed by atoms with E-state index in [1.54, 1.807) is 0 Å². The van der Waals surface area contributed by atoms with E-state index in [9.17, 15) is 14.4 Å². The van der Waals surface area contributed by atoms with Gasteiger partial charge in [-0.1, -0.05) is 0 Å². The van der Waals surface area contributed by atoms with E-state index in [2.05, 4.69) is 9.47 Å². The Kier molecular flexibility index (Phi) is 4.50. The van der Waals surface area contributed by atoms with E-state index in [0.717, 1.165) is 21.1 Å². The van der Waals surface area contributed by atoms with Gasteiger partial charge in [-0.15, -0.1) is 0 Å². The fourth-order valence-electron chi connectivity index (χ4n) is 0.621. The smallest absolute Gasteiger partial charge is 0.407 e. The maximum atomic E-state index is 10.9. The molecule has 0 spiro atoms. The molecule has 0 fully saturated rings. The number of Topliss-reactive ketones (excluding diaryl/α,β-unsaturated/α-hetero) is 1. The predicted molar refractivity (Wildman–Crippen MR) is 42.0 cm³/mol. The lowest BCUT2D eigenvalue weighted by Gasteiger charge is -2.11. The van der Waals surface area contributed by atoms with Crippen molar-refractivity contribution in [1.82, 2.24) is 5.32 Å². The van der Waals surface area contributed by atoms with Crippen molar-refractivity contribution in [3.05, 3.63) is 0 Å². The maximum Gasteiger partial charge on any atom is 0.407 e. The topological polar surface area (TPSA) is 81.7 Å². The summed E-state index contributed by atoms with van der Waals surface area (Å²) in [4.78, 5) is 32.4. The molecule has 0 aromatic rings. The summed E-state index contributed by atoms with van der Waals surface area (Å²) >= 11 is 0. The highest BCUT2D eigenvalue weighted by Gasteiger charge is 2.26. The number of ether oxygens (including phenoxy) is 2. The van der Waals surface area contributed by atoms with Gasteiger partial charge in [0.2, 0.25) is 0 Å². The Bertz CT molecular complexity index is 225. The van der Waals surface area contributed by atoms with Crippen molar-refractivity contribution < 1.29 is 23.9 Å². The lowest BCUT2D eigenvalue weighted by atomic mass is 10.2. The van der Waals surface area contributed by atoms with Crippen molar-refractivity contribution in [2.24, 2.45) is 0 Å². The fourth-order valence-corrected chi connectivity index (χ4v) is 0.621. The highest BCUT2D eigenvalue weighted by atomic mass is 16.5. The van der Waals surface area contributed by atoms with Gasteiger partial charge >= 0.3 is 12.1 Å². The van der Waals surface area contributed by atoms with E-state index in [1.807, 2.05) is 5.32 Å². The molecule has 0 aromatic heterocycles. The lowest BCUT2D eigenvalue weighted by molar-refractivity contribution is -0.145. The molecule has 0 aliphatic heterocycles. The molecule has 0 rings (SSSR count). The zero-order chi connectivity index (χ0) is 10.4. The molecule has 0 radical (unpaired) electrons. The normalized spacial score (nSPS) is 11.3. The second kappa shape index (κ2) is 5.13. The lowest BCUT2D eigenvalue weighted by Crippen LogP contribution is -2.46. The number of alkyl carbamates (subject to hydrolysis) is 1. The van der Waals surface area contributed by atoms with Gasteiger partial charge in [-0.25, -0.2) is 9.59 Å². The number of methoxy groups -OCH3 is 2. The van der Waals surface area contributed by atoms with Crippen molar-refractivity contribution in [2.45, 2.75) is 13.0 Å². The van der Waals surface area contributed by atoms with Crippen LogP contribution in [0.15, 0.2) is 0 Å². The van der Waals surface area contributed by atoms with E-state index in [4.69, 9.17) is 0 Å². The molecule has 6 nitrogen and oxygen atoms in total. The maximum absolute atomic E-state index is 10.9. The van der Waals surface area contributed by atoms with Crippen LogP contribution in [0.1, 0.15) is 6.92 Å². The van der Waals surface area contributed by atoms with Gasteiger partial charge in [0.25, 0.3) is 0 Å². The molecule has 1 N–H and O–H groups in total. The van der Waals surface area contributed by atoms with Crippen LogP contribution in [-0.4, -0.2) is 38.1 Å². The van der Waals surface area contributed by atoms with Crippen LogP contribution in [0.2, 0.25) is 0 Å². The van der Waals surface area contributed by atoms with Gasteiger partial charge in [0.05, 0.1) is 14.2 Å². The van der Waals surface area contributed by atoms with Crippen molar-refractivity contribution in [2.75, 3.05) is 14.2 Å². The van der Waals surface area contributed by atoms with E-state index in [-0.39, 0.29) is 0 Å². The highest BCUT2D eigenvalue weighted by molar-refractivity contribution is 6.04. The number of nitrogens with one attached hydrogen (secondary N) is 1. The summed E-state index contributed by atoms with van der Waals surface area (Å²) in [7, 11) is 2.25. The van der Waals surface area contributed by atoms with Gasteiger partial charge in [-0.3, -0.25) is 4.79 Å². The first-order valence-electron chi connectivity index (χ1n) is 3.45. The average molecular weight is 189 g/mol. The molecule has 0 saturated carbocycles. The number of carbonyl (C=O) groups is 3. The highest BCUT2D eigenvalue weighted by Crippen LogP contribution is 1.90. The average Bonchev–Trinajstić information content (AvgIpc) is 2.11. The number of amides is 1. The summed E-state index contributed by atoms with van der Waals surface area (Å²) in [5.74, 6) is -1.34. The van der Waals surface area contributed by atoms with Crippen LogP contribution in [0.25, 0.3) is 0 Å². The number of rotatable bonds is 3. The summed E-state index contributed by atoms with van der Waals surface area (Å²) < 4.78 is 8.50. The molecule has 1 unspecified atom stereocenters. The summed E-state index contributed by atoms with van der Waals surface area (Å²) in [6, 6.07) is -1.29. The van der Waals surface area contributed by atoms with Crippen LogP contribution in [0.5, 0.6) is 0 Å². The Morgan fingerprint density at radius 1 is 1.15 bits per heavy atom. The minimum absolute atomic E-state index is 0.516. The van der Waals surface area contributed by atoms with E-state index in [0.29, 0.717) is 0 Å².